The molecule has 13 atom stereocenters. The van der Waals surface area contributed by atoms with Crippen molar-refractivity contribution in [3.63, 3.8) is 0 Å². The van der Waals surface area contributed by atoms with Crippen LogP contribution in [0.5, 0.6) is 0 Å². The number of aromatic amines is 1. The van der Waals surface area contributed by atoms with Crippen molar-refractivity contribution >= 4 is 74.0 Å². The van der Waals surface area contributed by atoms with Gasteiger partial charge in [-0.05, 0) is 98.2 Å². The van der Waals surface area contributed by atoms with Crippen molar-refractivity contribution in [2.45, 2.75) is 133 Å². The molecule has 6 aliphatic rings. The number of H-pyrrole nitrogens is 1. The number of carbonyl (C=O) groups is 7. The number of carboxylic acid groups (broad SMARTS) is 3. The lowest BCUT2D eigenvalue weighted by atomic mass is 9.49. The lowest BCUT2D eigenvalue weighted by Gasteiger charge is -2.63. The van der Waals surface area contributed by atoms with Crippen molar-refractivity contribution in [3.05, 3.63) is 82.1 Å². The Balaban J connectivity index is 0.894. The number of nitrogens with one attached hydrogen (secondary N) is 3. The minimum atomic E-state index is -2.17. The Kier molecular flexibility index (Phi) is 18.7. The van der Waals surface area contributed by atoms with Gasteiger partial charge in [-0.25, -0.2) is 10.2 Å². The molecule has 2 aromatic carbocycles. The molecule has 5 heterocycles. The molecule has 2 aliphatic carbocycles. The summed E-state index contributed by atoms with van der Waals surface area (Å²) in [4.78, 5) is 96.9. The predicted octanol–water partition coefficient (Wildman–Crippen LogP) is 5.27. The average molecular weight is 1190 g/mol. The highest BCUT2D eigenvalue weighted by atomic mass is 33.1. The first-order valence-electron chi connectivity index (χ1n) is 28.9. The van der Waals surface area contributed by atoms with Crippen molar-refractivity contribution in [1.29, 1.82) is 0 Å². The molecule has 1 saturated carbocycles. The fourth-order valence-corrected chi connectivity index (χ4v) is 17.6. The highest BCUT2D eigenvalue weighted by molar-refractivity contribution is 8.76. The van der Waals surface area contributed by atoms with E-state index >= 15 is 4.79 Å². The number of aliphatic carboxylic acids is 3. The number of esters is 1. The van der Waals surface area contributed by atoms with Crippen LogP contribution in [0.25, 0.3) is 10.9 Å². The highest BCUT2D eigenvalue weighted by Gasteiger charge is 2.76. The van der Waals surface area contributed by atoms with E-state index < -0.39 is 131 Å². The summed E-state index contributed by atoms with van der Waals surface area (Å²) in [5.74, 6) is -12.0. The number of amides is 1. The van der Waals surface area contributed by atoms with Crippen LogP contribution in [0.15, 0.2) is 48.6 Å². The largest absolute Gasteiger partial charge is 0.481 e. The second-order valence-corrected chi connectivity index (χ2v) is 26.7. The molecule has 83 heavy (non-hydrogen) atoms. The van der Waals surface area contributed by atoms with Crippen LogP contribution in [-0.2, 0) is 66.6 Å². The summed E-state index contributed by atoms with van der Waals surface area (Å²) in [6.07, 6.45) is 3.33. The number of benzene rings is 2. The van der Waals surface area contributed by atoms with Crippen molar-refractivity contribution in [2.75, 3.05) is 64.7 Å². The van der Waals surface area contributed by atoms with Crippen LogP contribution in [0.4, 0.5) is 4.79 Å². The maximum Gasteiger partial charge on any atom is 0.421 e. The molecule has 9 rings (SSSR count). The minimum Gasteiger partial charge on any atom is -0.481 e. The van der Waals surface area contributed by atoms with Gasteiger partial charge < -0.3 is 49.8 Å². The number of methoxy groups -OCH3 is 1. The minimum absolute atomic E-state index is 0.0367. The number of hydrogen-bond acceptors (Lipinski definition) is 18. The average Bonchev–Trinajstić information content (AvgIpc) is 2.15. The fourth-order valence-electron chi connectivity index (χ4n) is 15.5. The number of carbonyl (C=O) groups excluding carboxylic acids is 4. The number of fused-ring (bicyclic) bond motifs is 6. The van der Waals surface area contributed by atoms with Gasteiger partial charge in [0.2, 0.25) is 0 Å². The van der Waals surface area contributed by atoms with Gasteiger partial charge in [0.1, 0.15) is 36.4 Å². The lowest BCUT2D eigenvalue weighted by molar-refractivity contribution is -0.342. The molecule has 3 aromatic rings. The number of carboxylic acids is 3. The van der Waals surface area contributed by atoms with E-state index in [-0.39, 0.29) is 30.1 Å². The third-order valence-corrected chi connectivity index (χ3v) is 21.7. The molecule has 0 radical (unpaired) electrons. The number of piperidine rings is 1. The summed E-state index contributed by atoms with van der Waals surface area (Å²) >= 11 is 0. The quantitative estimate of drug-likeness (QED) is 0.0130. The van der Waals surface area contributed by atoms with E-state index in [0.717, 1.165) is 55.2 Å². The summed E-state index contributed by atoms with van der Waals surface area (Å²) in [5.41, 5.74) is 7.50. The first kappa shape index (κ1) is 62.2. The monoisotopic (exact) mass is 1190 g/mol. The Labute approximate surface area is 490 Å². The van der Waals surface area contributed by atoms with E-state index in [1.54, 1.807) is 0 Å². The maximum absolute atomic E-state index is 15.4. The number of rotatable bonds is 25. The third-order valence-electron chi connectivity index (χ3n) is 19.2. The number of ether oxygens (including phenoxy) is 3. The second-order valence-electron chi connectivity index (χ2n) is 24.1. The van der Waals surface area contributed by atoms with Crippen LogP contribution in [0.2, 0.25) is 0 Å². The van der Waals surface area contributed by atoms with Crippen molar-refractivity contribution in [3.8, 4) is 0 Å². The normalized spacial score (nSPS) is 30.7. The van der Waals surface area contributed by atoms with Gasteiger partial charge in [0.25, 0.3) is 0 Å². The van der Waals surface area contributed by atoms with E-state index in [1.807, 2.05) is 51.1 Å². The van der Waals surface area contributed by atoms with Gasteiger partial charge in [0, 0.05) is 103 Å². The Bertz CT molecular complexity index is 3030. The van der Waals surface area contributed by atoms with Gasteiger partial charge in [-0.15, -0.1) is 0 Å². The number of nitrogens with zero attached hydrogens (tertiary/aromatic N) is 2. The molecule has 3 fully saturated rings. The number of aryl methyl sites for hydroxylation is 1. The summed E-state index contributed by atoms with van der Waals surface area (Å²) < 4.78 is 17.8. The van der Waals surface area contributed by atoms with E-state index in [9.17, 15) is 54.3 Å². The van der Waals surface area contributed by atoms with Gasteiger partial charge in [-0.2, -0.15) is 0 Å². The number of aliphatic hydroxyl groups excluding tert-OH is 1. The van der Waals surface area contributed by atoms with Crippen LogP contribution < -0.4 is 10.9 Å². The number of hydrazine groups is 1. The zero-order valence-corrected chi connectivity index (χ0v) is 49.4. The van der Waals surface area contributed by atoms with Crippen LogP contribution in [0, 0.1) is 41.9 Å². The molecular formula is C60H79N5O16S2. The van der Waals surface area contributed by atoms with Crippen molar-refractivity contribution in [1.82, 2.24) is 25.6 Å². The standard InChI is InChI=1S/C60H79N5O16S2/c1-6-56(77)28-36-29-59(54(75)79-5,48-43(13-17-64(30-36)32-56)42-11-8-9-12-46(42)62-48)44-27-45-37(21-34(44)3)26-47-58(45)15-18-65-16-10-14-57(7-2,52(58)65)53(74)60(47,78)81-33-61-63-55(76)80-19-20-82-83-31-39(51(72)73)25-41(67)24-38(50(70)71)23-40(66)22-35(4)49(68)69/h8-12,14,21,27,35-36,38-39,47,52-53,61-62,74,77-78H,6-7,13,15-20,22-26,28-33H2,1-5H3,(H,63,76)(H,68,69)(H,70,71)(H,72,73)/t35-,36?,38-,39-,47?,52?,53+,56-,57+,58?,59-,60+/m0/s1. The van der Waals surface area contributed by atoms with Crippen molar-refractivity contribution < 1.29 is 78.4 Å². The molecule has 9 N–H and O–H groups in total. The SMILES string of the molecule is CC[C@]1(O)CC2CN(CCc3c([nH]c4ccccc34)[C@@](C(=O)OC)(c3cc4c(cc3C)CC3C45CCN4CC=C[C@](CC)(C45)[C@@H](O)[C@]3(O)OCNNC(=O)OCCSSC[C@H](CC(=O)C[C@H](CC(=O)C[C@H](C)C(=O)O)C(=O)O)C(=O)O)C2)C1. The van der Waals surface area contributed by atoms with E-state index in [0.29, 0.717) is 77.7 Å². The summed E-state index contributed by atoms with van der Waals surface area (Å²) in [5, 5.41) is 67.6. The molecule has 2 bridgehead atoms. The topological polar surface area (TPSA) is 315 Å². The smallest absolute Gasteiger partial charge is 0.421 e. The summed E-state index contributed by atoms with van der Waals surface area (Å²) in [7, 11) is 3.75. The summed E-state index contributed by atoms with van der Waals surface area (Å²) in [6, 6.07) is 12.2. The van der Waals surface area contributed by atoms with Gasteiger partial charge in [0.15, 0.2) is 5.79 Å². The number of Topliss-reactive ketones (excluding diaryl/α,β-unsaturated/α-hetero) is 2. The third kappa shape index (κ3) is 11.6. The van der Waals surface area contributed by atoms with E-state index in [4.69, 9.17) is 19.3 Å². The molecule has 1 amide bonds. The number of ketones is 2. The molecule has 23 heteroatoms. The van der Waals surface area contributed by atoms with Crippen molar-refractivity contribution in [2.24, 2.45) is 35.0 Å². The lowest BCUT2D eigenvalue weighted by Crippen LogP contribution is -2.75. The molecule has 4 aliphatic heterocycles. The second kappa shape index (κ2) is 24.9. The molecule has 21 nitrogen and oxygen atoms in total. The highest BCUT2D eigenvalue weighted by Crippen LogP contribution is 2.68. The van der Waals surface area contributed by atoms with Gasteiger partial charge >= 0.3 is 30.0 Å². The van der Waals surface area contributed by atoms with Crippen LogP contribution in [0.1, 0.15) is 112 Å². The predicted molar refractivity (Wildman–Crippen MR) is 308 cm³/mol. The number of aliphatic hydroxyl groups is 3. The molecule has 2 saturated heterocycles. The first-order valence-corrected chi connectivity index (χ1v) is 31.3. The van der Waals surface area contributed by atoms with Crippen LogP contribution >= 0.6 is 21.6 Å². The van der Waals surface area contributed by atoms with Gasteiger partial charge in [-0.1, -0.05) is 84.8 Å². The zero-order chi connectivity index (χ0) is 59.8. The van der Waals surface area contributed by atoms with E-state index in [1.165, 1.54) is 24.8 Å². The fraction of sp³-hybridized carbons (Fsp3) is 0.617. The Morgan fingerprint density at radius 1 is 0.892 bits per heavy atom. The molecule has 1 spiro atoms. The Morgan fingerprint density at radius 3 is 2.31 bits per heavy atom. The molecule has 1 aromatic heterocycles. The van der Waals surface area contributed by atoms with Crippen LogP contribution in [0.3, 0.4) is 0 Å². The number of hydrogen-bond donors (Lipinski definition) is 9. The number of para-hydroxylation sites is 1. The van der Waals surface area contributed by atoms with Crippen LogP contribution in [-0.4, -0.2) is 175 Å². The Hall–Kier alpha value is -5.37. The number of aromatic nitrogens is 1. The first-order chi connectivity index (χ1) is 39.5. The molecular weight excluding hydrogens is 1110 g/mol. The van der Waals surface area contributed by atoms with E-state index in [2.05, 4.69) is 43.8 Å². The van der Waals surface area contributed by atoms with Gasteiger partial charge in [-0.3, -0.25) is 44.0 Å². The Morgan fingerprint density at radius 2 is 1.61 bits per heavy atom. The summed E-state index contributed by atoms with van der Waals surface area (Å²) in [6.45, 7) is 10.1. The molecule has 5 unspecified atom stereocenters. The molecule has 452 valence electrons. The maximum atomic E-state index is 15.4. The van der Waals surface area contributed by atoms with Gasteiger partial charge in [0.05, 0.1) is 30.5 Å². The zero-order valence-electron chi connectivity index (χ0n) is 47.8.